The van der Waals surface area contributed by atoms with Crippen molar-refractivity contribution in [3.8, 4) is 23.0 Å². The first-order chi connectivity index (χ1) is 16.1. The molecule has 0 N–H and O–H groups in total. The molecule has 168 valence electrons. The Morgan fingerprint density at radius 3 is 2.27 bits per heavy atom. The number of aromatic nitrogens is 3. The second kappa shape index (κ2) is 8.85. The van der Waals surface area contributed by atoms with Crippen LogP contribution < -0.4 is 4.90 Å². The highest BCUT2D eigenvalue weighted by molar-refractivity contribution is 5.77. The quantitative estimate of drug-likeness (QED) is 0.463. The molecule has 1 aliphatic rings. The van der Waals surface area contributed by atoms with E-state index in [0.29, 0.717) is 43.3 Å². The third kappa shape index (κ3) is 4.48. The minimum atomic E-state index is -0.339. The normalized spacial score (nSPS) is 14.0. The molecule has 7 nitrogen and oxygen atoms in total. The summed E-state index contributed by atoms with van der Waals surface area (Å²) in [5.41, 5.74) is 2.22. The molecule has 1 fully saturated rings. The van der Waals surface area contributed by atoms with Crippen molar-refractivity contribution < 1.29 is 18.1 Å². The van der Waals surface area contributed by atoms with Crippen LogP contribution in [-0.2, 0) is 11.3 Å². The maximum Gasteiger partial charge on any atom is 0.274 e. The van der Waals surface area contributed by atoms with Crippen molar-refractivity contribution >= 4 is 11.6 Å². The second-order valence-corrected chi connectivity index (χ2v) is 7.80. The predicted molar refractivity (Wildman–Crippen MR) is 118 cm³/mol. The number of benzene rings is 2. The van der Waals surface area contributed by atoms with E-state index in [-0.39, 0.29) is 30.0 Å². The van der Waals surface area contributed by atoms with Gasteiger partial charge < -0.3 is 18.9 Å². The highest BCUT2D eigenvalue weighted by Gasteiger charge is 2.23. The SMILES string of the molecule is O=C(Cn1cccc1-c1nc(-c2ccc(F)cc2)no1)N1CCN(c2ccc(F)cc2)CC1. The Labute approximate surface area is 188 Å². The molecule has 4 aromatic rings. The van der Waals surface area contributed by atoms with E-state index >= 15 is 0 Å². The number of piperazine rings is 1. The predicted octanol–water partition coefficient (Wildman–Crippen LogP) is 3.83. The van der Waals surface area contributed by atoms with Gasteiger partial charge in [0.2, 0.25) is 11.7 Å². The maximum absolute atomic E-state index is 13.2. The summed E-state index contributed by atoms with van der Waals surface area (Å²) in [5.74, 6) is 0.0215. The maximum atomic E-state index is 13.2. The zero-order valence-electron chi connectivity index (χ0n) is 17.7. The van der Waals surface area contributed by atoms with Gasteiger partial charge >= 0.3 is 0 Å². The topological polar surface area (TPSA) is 67.4 Å². The van der Waals surface area contributed by atoms with Crippen molar-refractivity contribution in [2.45, 2.75) is 6.54 Å². The molecule has 1 aliphatic heterocycles. The number of anilines is 1. The molecule has 2 aromatic heterocycles. The van der Waals surface area contributed by atoms with Gasteiger partial charge in [0, 0.05) is 43.6 Å². The number of carbonyl (C=O) groups is 1. The summed E-state index contributed by atoms with van der Waals surface area (Å²) in [6, 6.07) is 15.9. The van der Waals surface area contributed by atoms with E-state index in [9.17, 15) is 13.6 Å². The third-order valence-electron chi connectivity index (χ3n) is 5.71. The summed E-state index contributed by atoms with van der Waals surface area (Å²) in [4.78, 5) is 21.3. The molecule has 0 unspecified atom stereocenters. The Morgan fingerprint density at radius 2 is 1.58 bits per heavy atom. The lowest BCUT2D eigenvalue weighted by Gasteiger charge is -2.36. The standard InChI is InChI=1S/C24H21F2N5O2/c25-18-5-3-17(4-6-18)23-27-24(33-28-23)21-2-1-11-31(21)16-22(32)30-14-12-29(13-15-30)20-9-7-19(26)8-10-20/h1-11H,12-16H2. The van der Waals surface area contributed by atoms with Crippen molar-refractivity contribution in [1.82, 2.24) is 19.6 Å². The smallest absolute Gasteiger partial charge is 0.274 e. The zero-order valence-corrected chi connectivity index (χ0v) is 17.7. The highest BCUT2D eigenvalue weighted by Crippen LogP contribution is 2.23. The van der Waals surface area contributed by atoms with Crippen LogP contribution in [0.15, 0.2) is 71.4 Å². The van der Waals surface area contributed by atoms with Gasteiger partial charge in [-0.3, -0.25) is 4.79 Å². The van der Waals surface area contributed by atoms with Crippen LogP contribution in [0.25, 0.3) is 23.0 Å². The first kappa shape index (κ1) is 20.9. The Morgan fingerprint density at radius 1 is 0.909 bits per heavy atom. The summed E-state index contributed by atoms with van der Waals surface area (Å²) in [6.07, 6.45) is 1.80. The minimum absolute atomic E-state index is 0.00974. The van der Waals surface area contributed by atoms with Gasteiger partial charge in [0.05, 0.1) is 0 Å². The van der Waals surface area contributed by atoms with Gasteiger partial charge in [-0.05, 0) is 60.7 Å². The van der Waals surface area contributed by atoms with Crippen LogP contribution in [0.4, 0.5) is 14.5 Å². The lowest BCUT2D eigenvalue weighted by molar-refractivity contribution is -0.132. The van der Waals surface area contributed by atoms with Crippen LogP contribution in [0.5, 0.6) is 0 Å². The number of amides is 1. The molecule has 0 atom stereocenters. The monoisotopic (exact) mass is 449 g/mol. The van der Waals surface area contributed by atoms with Crippen LogP contribution in [0.3, 0.4) is 0 Å². The lowest BCUT2D eigenvalue weighted by atomic mass is 10.2. The molecule has 9 heteroatoms. The minimum Gasteiger partial charge on any atom is -0.368 e. The van der Waals surface area contributed by atoms with Crippen molar-refractivity contribution in [2.24, 2.45) is 0 Å². The molecular formula is C24H21F2N5O2. The number of nitrogens with zero attached hydrogens (tertiary/aromatic N) is 5. The van der Waals surface area contributed by atoms with Crippen LogP contribution in [0.1, 0.15) is 0 Å². The first-order valence-electron chi connectivity index (χ1n) is 10.6. The van der Waals surface area contributed by atoms with E-state index in [1.807, 2.05) is 17.0 Å². The number of hydrogen-bond acceptors (Lipinski definition) is 5. The highest BCUT2D eigenvalue weighted by atomic mass is 19.1. The van der Waals surface area contributed by atoms with Crippen LogP contribution in [0, 0.1) is 11.6 Å². The van der Waals surface area contributed by atoms with Gasteiger partial charge in [-0.2, -0.15) is 4.98 Å². The number of halogens is 2. The van der Waals surface area contributed by atoms with Gasteiger partial charge in [-0.1, -0.05) is 5.16 Å². The molecule has 0 spiro atoms. The molecule has 3 heterocycles. The van der Waals surface area contributed by atoms with Crippen molar-refractivity contribution in [3.05, 3.63) is 78.5 Å². The van der Waals surface area contributed by atoms with Gasteiger partial charge in [0.15, 0.2) is 0 Å². The van der Waals surface area contributed by atoms with E-state index in [0.717, 1.165) is 5.69 Å². The van der Waals surface area contributed by atoms with E-state index in [1.54, 1.807) is 35.0 Å². The summed E-state index contributed by atoms with van der Waals surface area (Å²) in [7, 11) is 0. The summed E-state index contributed by atoms with van der Waals surface area (Å²) < 4.78 is 33.5. The zero-order chi connectivity index (χ0) is 22.8. The van der Waals surface area contributed by atoms with E-state index < -0.39 is 0 Å². The molecule has 0 saturated carbocycles. The summed E-state index contributed by atoms with van der Waals surface area (Å²) >= 11 is 0. The molecule has 5 rings (SSSR count). The summed E-state index contributed by atoms with van der Waals surface area (Å²) in [6.45, 7) is 2.68. The number of hydrogen-bond donors (Lipinski definition) is 0. The van der Waals surface area contributed by atoms with Crippen molar-refractivity contribution in [2.75, 3.05) is 31.1 Å². The third-order valence-corrected chi connectivity index (χ3v) is 5.71. The van der Waals surface area contributed by atoms with Gasteiger partial charge in [-0.15, -0.1) is 0 Å². The van der Waals surface area contributed by atoms with Crippen molar-refractivity contribution in [1.29, 1.82) is 0 Å². The van der Waals surface area contributed by atoms with E-state index in [1.165, 1.54) is 24.3 Å². The largest absolute Gasteiger partial charge is 0.368 e. The number of rotatable bonds is 5. The van der Waals surface area contributed by atoms with Crippen LogP contribution >= 0.6 is 0 Å². The van der Waals surface area contributed by atoms with Gasteiger partial charge in [-0.25, -0.2) is 8.78 Å². The molecule has 1 amide bonds. The molecular weight excluding hydrogens is 428 g/mol. The molecule has 1 saturated heterocycles. The van der Waals surface area contributed by atoms with Crippen LogP contribution in [0.2, 0.25) is 0 Å². The van der Waals surface area contributed by atoms with Gasteiger partial charge in [0.25, 0.3) is 5.89 Å². The Kier molecular flexibility index (Phi) is 5.60. The molecule has 2 aromatic carbocycles. The van der Waals surface area contributed by atoms with E-state index in [2.05, 4.69) is 15.0 Å². The molecule has 0 bridgehead atoms. The summed E-state index contributed by atoms with van der Waals surface area (Å²) in [5, 5.41) is 3.98. The average molecular weight is 449 g/mol. The van der Waals surface area contributed by atoms with Crippen LogP contribution in [-0.4, -0.2) is 51.7 Å². The van der Waals surface area contributed by atoms with Gasteiger partial charge in [0.1, 0.15) is 23.9 Å². The Balaban J connectivity index is 1.23. The number of carbonyl (C=O) groups excluding carboxylic acids is 1. The molecule has 33 heavy (non-hydrogen) atoms. The fourth-order valence-corrected chi connectivity index (χ4v) is 3.90. The fraction of sp³-hybridized carbons (Fsp3) is 0.208. The molecule has 0 radical (unpaired) electrons. The molecule has 0 aliphatic carbocycles. The average Bonchev–Trinajstić information content (AvgIpc) is 3.50. The van der Waals surface area contributed by atoms with E-state index in [4.69, 9.17) is 4.52 Å². The lowest BCUT2D eigenvalue weighted by Crippen LogP contribution is -2.49. The fourth-order valence-electron chi connectivity index (χ4n) is 3.90. The Bertz CT molecular complexity index is 1240. The first-order valence-corrected chi connectivity index (χ1v) is 10.6. The van der Waals surface area contributed by atoms with Crippen molar-refractivity contribution in [3.63, 3.8) is 0 Å². The second-order valence-electron chi connectivity index (χ2n) is 7.80. The Hall–Kier alpha value is -4.01.